The molecule has 2 saturated carbocycles. The Hall–Kier alpha value is -0.0800. The maximum atomic E-state index is 5.96. The largest absolute Gasteiger partial charge is 0.328 e. The van der Waals surface area contributed by atoms with Crippen molar-refractivity contribution in [2.24, 2.45) is 17.1 Å². The Balaban J connectivity index is 1.66. The van der Waals surface area contributed by atoms with Gasteiger partial charge in [0, 0.05) is 12.1 Å². The minimum atomic E-state index is 0.519. The van der Waals surface area contributed by atoms with Crippen LogP contribution in [0.25, 0.3) is 0 Å². The van der Waals surface area contributed by atoms with Gasteiger partial charge in [0.2, 0.25) is 0 Å². The predicted molar refractivity (Wildman–Crippen MR) is 78.6 cm³/mol. The fraction of sp³-hybridized carbons (Fsp3) is 1.00. The van der Waals surface area contributed by atoms with Crippen molar-refractivity contribution in [3.05, 3.63) is 0 Å². The zero-order chi connectivity index (χ0) is 13.2. The Kier molecular flexibility index (Phi) is 4.71. The zero-order valence-corrected chi connectivity index (χ0v) is 12.6. The van der Waals surface area contributed by atoms with E-state index in [-0.39, 0.29) is 0 Å². The van der Waals surface area contributed by atoms with Crippen molar-refractivity contribution in [3.8, 4) is 0 Å². The molecule has 0 heterocycles. The fourth-order valence-electron chi connectivity index (χ4n) is 4.05. The SMILES string of the molecule is CC(C)CCCN(C)C1CCC2(CC1)CC(N)C2. The Labute approximate surface area is 113 Å². The summed E-state index contributed by atoms with van der Waals surface area (Å²) in [6.07, 6.45) is 11.0. The van der Waals surface area contributed by atoms with Crippen molar-refractivity contribution in [2.45, 2.75) is 77.3 Å². The van der Waals surface area contributed by atoms with Crippen LogP contribution in [0.15, 0.2) is 0 Å². The van der Waals surface area contributed by atoms with Crippen LogP contribution in [0, 0.1) is 11.3 Å². The van der Waals surface area contributed by atoms with Crippen molar-refractivity contribution < 1.29 is 0 Å². The average molecular weight is 252 g/mol. The summed E-state index contributed by atoms with van der Waals surface area (Å²) in [7, 11) is 2.33. The first-order chi connectivity index (χ1) is 8.51. The molecular formula is C16H32N2. The van der Waals surface area contributed by atoms with Crippen molar-refractivity contribution in [3.63, 3.8) is 0 Å². The van der Waals surface area contributed by atoms with Crippen LogP contribution in [0.4, 0.5) is 0 Å². The second kappa shape index (κ2) is 5.92. The molecule has 0 aromatic carbocycles. The van der Waals surface area contributed by atoms with Gasteiger partial charge in [-0.1, -0.05) is 13.8 Å². The molecule has 0 unspecified atom stereocenters. The molecule has 2 aliphatic rings. The van der Waals surface area contributed by atoms with Crippen LogP contribution in [-0.2, 0) is 0 Å². The standard InChI is InChI=1S/C16H32N2/c1-13(2)5-4-10-18(3)15-6-8-16(9-7-15)11-14(17)12-16/h13-15H,4-12,17H2,1-3H3. The van der Waals surface area contributed by atoms with Crippen molar-refractivity contribution in [2.75, 3.05) is 13.6 Å². The van der Waals surface area contributed by atoms with E-state index >= 15 is 0 Å². The van der Waals surface area contributed by atoms with Crippen molar-refractivity contribution in [1.82, 2.24) is 4.90 Å². The van der Waals surface area contributed by atoms with E-state index in [1.54, 1.807) is 0 Å². The molecule has 2 rings (SSSR count). The van der Waals surface area contributed by atoms with E-state index in [0.29, 0.717) is 11.5 Å². The van der Waals surface area contributed by atoms with Gasteiger partial charge in [-0.05, 0) is 76.3 Å². The van der Waals surface area contributed by atoms with Crippen LogP contribution in [0.2, 0.25) is 0 Å². The summed E-state index contributed by atoms with van der Waals surface area (Å²) in [6.45, 7) is 5.93. The van der Waals surface area contributed by atoms with Crippen LogP contribution in [0.5, 0.6) is 0 Å². The minimum absolute atomic E-state index is 0.519. The van der Waals surface area contributed by atoms with Crippen molar-refractivity contribution >= 4 is 0 Å². The molecule has 106 valence electrons. The summed E-state index contributed by atoms with van der Waals surface area (Å²) >= 11 is 0. The molecule has 2 heteroatoms. The van der Waals surface area contributed by atoms with E-state index in [2.05, 4.69) is 25.8 Å². The average Bonchev–Trinajstić information content (AvgIpc) is 2.27. The third-order valence-electron chi connectivity index (χ3n) is 5.32. The maximum Gasteiger partial charge on any atom is 0.00926 e. The topological polar surface area (TPSA) is 29.3 Å². The van der Waals surface area contributed by atoms with Crippen LogP contribution in [-0.4, -0.2) is 30.6 Å². The van der Waals surface area contributed by atoms with Crippen LogP contribution >= 0.6 is 0 Å². The summed E-state index contributed by atoms with van der Waals surface area (Å²) in [5, 5.41) is 0. The third kappa shape index (κ3) is 3.48. The molecule has 0 aliphatic heterocycles. The molecule has 2 aliphatic carbocycles. The van der Waals surface area contributed by atoms with Crippen molar-refractivity contribution in [1.29, 1.82) is 0 Å². The highest BCUT2D eigenvalue weighted by Crippen LogP contribution is 2.51. The van der Waals surface area contributed by atoms with E-state index < -0.39 is 0 Å². The lowest BCUT2D eigenvalue weighted by Crippen LogP contribution is -2.50. The zero-order valence-electron chi connectivity index (χ0n) is 12.6. The van der Waals surface area contributed by atoms with Crippen LogP contribution in [0.1, 0.15) is 65.2 Å². The highest BCUT2D eigenvalue weighted by Gasteiger charge is 2.44. The van der Waals surface area contributed by atoms with Gasteiger partial charge in [-0.3, -0.25) is 0 Å². The van der Waals surface area contributed by atoms with Gasteiger partial charge in [0.15, 0.2) is 0 Å². The van der Waals surface area contributed by atoms with Gasteiger partial charge in [0.1, 0.15) is 0 Å². The van der Waals surface area contributed by atoms with Gasteiger partial charge < -0.3 is 10.6 Å². The molecule has 18 heavy (non-hydrogen) atoms. The minimum Gasteiger partial charge on any atom is -0.328 e. The summed E-state index contributed by atoms with van der Waals surface area (Å²) in [6, 6.07) is 1.37. The Morgan fingerprint density at radius 2 is 1.83 bits per heavy atom. The highest BCUT2D eigenvalue weighted by atomic mass is 15.1. The van der Waals surface area contributed by atoms with Gasteiger partial charge in [-0.2, -0.15) is 0 Å². The van der Waals surface area contributed by atoms with Gasteiger partial charge in [0.05, 0.1) is 0 Å². The van der Waals surface area contributed by atoms with E-state index in [9.17, 15) is 0 Å². The summed E-state index contributed by atoms with van der Waals surface area (Å²) in [5.74, 6) is 0.851. The first kappa shape index (κ1) is 14.3. The predicted octanol–water partition coefficient (Wildman–Crippen LogP) is 3.40. The van der Waals surface area contributed by atoms with Gasteiger partial charge >= 0.3 is 0 Å². The van der Waals surface area contributed by atoms with E-state index in [0.717, 1.165) is 12.0 Å². The van der Waals surface area contributed by atoms with Gasteiger partial charge in [0.25, 0.3) is 0 Å². The Bertz CT molecular complexity index is 246. The smallest absolute Gasteiger partial charge is 0.00926 e. The lowest BCUT2D eigenvalue weighted by atomic mass is 9.58. The molecular weight excluding hydrogens is 220 g/mol. The normalized spacial score (nSPS) is 36.3. The Morgan fingerprint density at radius 1 is 1.22 bits per heavy atom. The summed E-state index contributed by atoms with van der Waals surface area (Å²) < 4.78 is 0. The molecule has 1 spiro atoms. The molecule has 0 amide bonds. The highest BCUT2D eigenvalue weighted by molar-refractivity contribution is 4.99. The second-order valence-corrected chi connectivity index (χ2v) is 7.42. The molecule has 0 bridgehead atoms. The first-order valence-electron chi connectivity index (χ1n) is 7.97. The number of nitrogens with two attached hydrogens (primary N) is 1. The molecule has 2 N–H and O–H groups in total. The molecule has 0 atom stereocenters. The fourth-order valence-corrected chi connectivity index (χ4v) is 4.05. The summed E-state index contributed by atoms with van der Waals surface area (Å²) in [4.78, 5) is 2.62. The molecule has 2 fully saturated rings. The number of hydrogen-bond acceptors (Lipinski definition) is 2. The van der Waals surface area contributed by atoms with E-state index in [4.69, 9.17) is 5.73 Å². The van der Waals surface area contributed by atoms with Gasteiger partial charge in [-0.25, -0.2) is 0 Å². The molecule has 0 aromatic rings. The molecule has 2 nitrogen and oxygen atoms in total. The molecule has 0 radical (unpaired) electrons. The van der Waals surface area contributed by atoms with Gasteiger partial charge in [-0.15, -0.1) is 0 Å². The monoisotopic (exact) mass is 252 g/mol. The summed E-state index contributed by atoms with van der Waals surface area (Å²) in [5.41, 5.74) is 6.64. The molecule has 0 saturated heterocycles. The van der Waals surface area contributed by atoms with E-state index in [1.165, 1.54) is 57.9 Å². The van der Waals surface area contributed by atoms with Crippen LogP contribution < -0.4 is 5.73 Å². The number of hydrogen-bond donors (Lipinski definition) is 1. The lowest BCUT2D eigenvalue weighted by Gasteiger charge is -2.51. The quantitative estimate of drug-likeness (QED) is 0.812. The third-order valence-corrected chi connectivity index (χ3v) is 5.32. The number of rotatable bonds is 5. The Morgan fingerprint density at radius 3 is 2.33 bits per heavy atom. The number of nitrogens with zero attached hydrogens (tertiary/aromatic N) is 1. The van der Waals surface area contributed by atoms with E-state index in [1.807, 2.05) is 0 Å². The maximum absolute atomic E-state index is 5.96. The first-order valence-corrected chi connectivity index (χ1v) is 7.97. The van der Waals surface area contributed by atoms with Crippen LogP contribution in [0.3, 0.4) is 0 Å². The lowest BCUT2D eigenvalue weighted by molar-refractivity contribution is 0.0221. The second-order valence-electron chi connectivity index (χ2n) is 7.42. The molecule has 0 aromatic heterocycles.